The van der Waals surface area contributed by atoms with Crippen LogP contribution in [0.15, 0.2) is 47.6 Å². The van der Waals surface area contributed by atoms with Crippen molar-refractivity contribution in [2.75, 3.05) is 20.8 Å². The highest BCUT2D eigenvalue weighted by Gasteiger charge is 2.14. The molecule has 0 amide bonds. The maximum atomic E-state index is 12.9. The van der Waals surface area contributed by atoms with Gasteiger partial charge in [-0.15, -0.1) is 0 Å². The molecule has 2 heterocycles. The van der Waals surface area contributed by atoms with Gasteiger partial charge in [-0.1, -0.05) is 12.1 Å². The van der Waals surface area contributed by atoms with Crippen molar-refractivity contribution in [3.8, 4) is 0 Å². The number of aryl methyl sites for hydroxylation is 1. The van der Waals surface area contributed by atoms with Gasteiger partial charge < -0.3 is 4.57 Å². The van der Waals surface area contributed by atoms with Crippen LogP contribution < -0.4 is 0 Å². The van der Waals surface area contributed by atoms with E-state index in [4.69, 9.17) is 0 Å². The second kappa shape index (κ2) is 7.36. The highest BCUT2D eigenvalue weighted by atomic mass is 32.2. The summed E-state index contributed by atoms with van der Waals surface area (Å²) >= 11 is 1.71. The minimum absolute atomic E-state index is 0.358. The Bertz CT molecular complexity index is 824. The molecule has 0 fully saturated rings. The first kappa shape index (κ1) is 17.0. The van der Waals surface area contributed by atoms with Crippen LogP contribution in [-0.4, -0.2) is 34.6 Å². The molecule has 3 aromatic rings. The monoisotopic (exact) mass is 343 g/mol. The highest BCUT2D eigenvalue weighted by Crippen LogP contribution is 2.28. The van der Waals surface area contributed by atoms with Crippen molar-refractivity contribution in [1.29, 1.82) is 0 Å². The van der Waals surface area contributed by atoms with E-state index in [0.29, 0.717) is 6.54 Å². The summed E-state index contributed by atoms with van der Waals surface area (Å²) in [6.07, 6.45) is 4.50. The summed E-state index contributed by atoms with van der Waals surface area (Å²) in [4.78, 5) is 5.48. The number of hydrogen-bond acceptors (Lipinski definition) is 3. The molecule has 0 spiro atoms. The zero-order valence-corrected chi connectivity index (χ0v) is 15.1. The van der Waals surface area contributed by atoms with E-state index in [0.717, 1.165) is 23.0 Å². The largest absolute Gasteiger partial charge is 0.342 e. The molecule has 0 radical (unpaired) electrons. The third-order valence-corrected chi connectivity index (χ3v) is 5.00. The molecule has 1 aromatic carbocycles. The Labute approximate surface area is 146 Å². The molecule has 5 heteroatoms. The van der Waals surface area contributed by atoms with E-state index in [2.05, 4.69) is 45.0 Å². The Morgan fingerprint density at radius 3 is 2.58 bits per heavy atom. The molecule has 0 saturated carbocycles. The smallest absolute Gasteiger partial charge is 0.107 e. The summed E-state index contributed by atoms with van der Waals surface area (Å²) < 4.78 is 17.1. The summed E-state index contributed by atoms with van der Waals surface area (Å²) in [6.45, 7) is 2.11. The normalized spacial score (nSPS) is 11.5. The zero-order chi connectivity index (χ0) is 17.1. The van der Waals surface area contributed by atoms with Gasteiger partial charge in [0.2, 0.25) is 0 Å². The standard InChI is InChI=1S/C19H22FN3S/c1-14-17(12-15-4-6-16(7-5-15)24-22(2)3)18-13-21-10-8-19(18)23(14)11-9-20/h4-8,10,13H,9,11-12H2,1-3H3. The SMILES string of the molecule is Cc1c(Cc2ccc(SN(C)C)cc2)c2cnccc2n1CCF. The lowest BCUT2D eigenvalue weighted by molar-refractivity contribution is 0.447. The summed E-state index contributed by atoms with van der Waals surface area (Å²) in [6, 6.07) is 10.6. The van der Waals surface area contributed by atoms with Crippen molar-refractivity contribution in [3.63, 3.8) is 0 Å². The van der Waals surface area contributed by atoms with Gasteiger partial charge in [-0.25, -0.2) is 4.39 Å². The van der Waals surface area contributed by atoms with Crippen LogP contribution in [0.1, 0.15) is 16.8 Å². The number of rotatable bonds is 6. The number of halogens is 1. The van der Waals surface area contributed by atoms with E-state index >= 15 is 0 Å². The van der Waals surface area contributed by atoms with E-state index in [1.165, 1.54) is 16.0 Å². The quantitative estimate of drug-likeness (QED) is 0.616. The first-order valence-electron chi connectivity index (χ1n) is 8.02. The molecule has 0 N–H and O–H groups in total. The zero-order valence-electron chi connectivity index (χ0n) is 14.3. The molecule has 2 aromatic heterocycles. The predicted molar refractivity (Wildman–Crippen MR) is 99.2 cm³/mol. The van der Waals surface area contributed by atoms with Crippen LogP contribution in [0.25, 0.3) is 10.9 Å². The highest BCUT2D eigenvalue weighted by molar-refractivity contribution is 7.97. The van der Waals surface area contributed by atoms with Gasteiger partial charge in [0.15, 0.2) is 0 Å². The summed E-state index contributed by atoms with van der Waals surface area (Å²) in [5.74, 6) is 0. The molecule has 0 aliphatic carbocycles. The van der Waals surface area contributed by atoms with Crippen LogP contribution in [0.4, 0.5) is 4.39 Å². The molecule has 0 aliphatic heterocycles. The van der Waals surface area contributed by atoms with E-state index in [1.54, 1.807) is 18.1 Å². The van der Waals surface area contributed by atoms with Gasteiger partial charge >= 0.3 is 0 Å². The number of nitrogens with zero attached hydrogens (tertiary/aromatic N) is 3. The molecular weight excluding hydrogens is 321 g/mol. The van der Waals surface area contributed by atoms with Gasteiger partial charge in [0.05, 0.1) is 12.1 Å². The maximum absolute atomic E-state index is 12.9. The van der Waals surface area contributed by atoms with Crippen LogP contribution >= 0.6 is 11.9 Å². The second-order valence-electron chi connectivity index (χ2n) is 6.02. The molecule has 0 atom stereocenters. The van der Waals surface area contributed by atoms with Crippen molar-refractivity contribution >= 4 is 22.9 Å². The molecular formula is C19H22FN3S. The number of alkyl halides is 1. The van der Waals surface area contributed by atoms with Crippen LogP contribution in [0, 0.1) is 6.92 Å². The van der Waals surface area contributed by atoms with Gasteiger partial charge in [-0.3, -0.25) is 9.29 Å². The minimum atomic E-state index is -0.358. The Balaban J connectivity index is 1.94. The Morgan fingerprint density at radius 1 is 1.17 bits per heavy atom. The summed E-state index contributed by atoms with van der Waals surface area (Å²) in [7, 11) is 4.07. The molecule has 126 valence electrons. The fourth-order valence-electron chi connectivity index (χ4n) is 3.07. The maximum Gasteiger partial charge on any atom is 0.107 e. The van der Waals surface area contributed by atoms with Crippen molar-refractivity contribution in [3.05, 3.63) is 59.5 Å². The third-order valence-electron chi connectivity index (χ3n) is 4.16. The second-order valence-corrected chi connectivity index (χ2v) is 7.41. The number of hydrogen-bond donors (Lipinski definition) is 0. The van der Waals surface area contributed by atoms with Crippen molar-refractivity contribution in [1.82, 2.24) is 13.9 Å². The van der Waals surface area contributed by atoms with Gasteiger partial charge in [-0.2, -0.15) is 0 Å². The lowest BCUT2D eigenvalue weighted by atomic mass is 10.0. The topological polar surface area (TPSA) is 21.1 Å². The average molecular weight is 343 g/mol. The van der Waals surface area contributed by atoms with Crippen molar-refractivity contribution < 1.29 is 4.39 Å². The first-order chi connectivity index (χ1) is 11.6. The fraction of sp³-hybridized carbons (Fsp3) is 0.316. The van der Waals surface area contributed by atoms with Crippen LogP contribution in [0.2, 0.25) is 0 Å². The average Bonchev–Trinajstić information content (AvgIpc) is 2.82. The van der Waals surface area contributed by atoms with E-state index in [1.807, 2.05) is 26.4 Å². The first-order valence-corrected chi connectivity index (χ1v) is 8.79. The van der Waals surface area contributed by atoms with Crippen LogP contribution in [0.3, 0.4) is 0 Å². The molecule has 3 rings (SSSR count). The lowest BCUT2D eigenvalue weighted by Crippen LogP contribution is -2.02. The van der Waals surface area contributed by atoms with Crippen molar-refractivity contribution in [2.45, 2.75) is 24.8 Å². The number of benzene rings is 1. The Morgan fingerprint density at radius 2 is 1.92 bits per heavy atom. The van der Waals surface area contributed by atoms with Crippen LogP contribution in [0.5, 0.6) is 0 Å². The molecule has 0 aliphatic rings. The van der Waals surface area contributed by atoms with Gasteiger partial charge in [0.25, 0.3) is 0 Å². The number of pyridine rings is 1. The molecule has 0 bridgehead atoms. The van der Waals surface area contributed by atoms with Crippen LogP contribution in [-0.2, 0) is 13.0 Å². The predicted octanol–water partition coefficient (Wildman–Crippen LogP) is 4.47. The van der Waals surface area contributed by atoms with Crippen molar-refractivity contribution in [2.24, 2.45) is 0 Å². The Hall–Kier alpha value is -1.85. The van der Waals surface area contributed by atoms with Gasteiger partial charge in [0, 0.05) is 28.4 Å². The lowest BCUT2D eigenvalue weighted by Gasteiger charge is -2.09. The van der Waals surface area contributed by atoms with Gasteiger partial charge in [0.1, 0.15) is 6.67 Å². The molecule has 0 unspecified atom stereocenters. The van der Waals surface area contributed by atoms with E-state index < -0.39 is 0 Å². The van der Waals surface area contributed by atoms with Gasteiger partial charge in [-0.05, 0) is 68.7 Å². The van der Waals surface area contributed by atoms with E-state index in [9.17, 15) is 4.39 Å². The molecule has 3 nitrogen and oxygen atoms in total. The fourth-order valence-corrected chi connectivity index (χ4v) is 3.75. The summed E-state index contributed by atoms with van der Waals surface area (Å²) in [5, 5.41) is 1.12. The number of fused-ring (bicyclic) bond motifs is 1. The molecule has 0 saturated heterocycles. The third kappa shape index (κ3) is 3.47. The minimum Gasteiger partial charge on any atom is -0.342 e. The van der Waals surface area contributed by atoms with E-state index in [-0.39, 0.29) is 6.67 Å². The molecule has 24 heavy (non-hydrogen) atoms. The Kier molecular flexibility index (Phi) is 5.21. The number of aromatic nitrogens is 2. The summed E-state index contributed by atoms with van der Waals surface area (Å²) in [5.41, 5.74) is 4.68.